The van der Waals surface area contributed by atoms with Crippen LogP contribution in [0.15, 0.2) is 18.2 Å². The number of hydrogen-bond acceptors (Lipinski definition) is 5. The number of hydrogen-bond donors (Lipinski definition) is 1. The second-order valence-corrected chi connectivity index (χ2v) is 9.99. The van der Waals surface area contributed by atoms with Gasteiger partial charge in [0.2, 0.25) is 0 Å². The van der Waals surface area contributed by atoms with Gasteiger partial charge in [0.15, 0.2) is 0 Å². The summed E-state index contributed by atoms with van der Waals surface area (Å²) in [6, 6.07) is 3.86. The third kappa shape index (κ3) is 15.5. The van der Waals surface area contributed by atoms with Crippen LogP contribution in [0.3, 0.4) is 0 Å². The van der Waals surface area contributed by atoms with Gasteiger partial charge in [0.1, 0.15) is 0 Å². The molecule has 0 aromatic heterocycles. The zero-order valence-corrected chi connectivity index (χ0v) is 23.4. The molecular weight excluding hydrogens is 468 g/mol. The highest BCUT2D eigenvalue weighted by atomic mass is 16.5. The fourth-order valence-corrected chi connectivity index (χ4v) is 4.33. The maximum atomic E-state index is 12.7. The summed E-state index contributed by atoms with van der Waals surface area (Å²) in [5.41, 5.74) is -0.0589. The van der Waals surface area contributed by atoms with Crippen LogP contribution in [-0.2, 0) is 9.47 Å². The van der Waals surface area contributed by atoms with E-state index in [-0.39, 0.29) is 29.9 Å². The summed E-state index contributed by atoms with van der Waals surface area (Å²) in [5.74, 6) is -2.47. The number of carbonyl (C=O) groups is 3. The normalized spacial score (nSPS) is 10.9. The summed E-state index contributed by atoms with van der Waals surface area (Å²) < 4.78 is 10.8. The monoisotopic (exact) mass is 518 g/mol. The fourth-order valence-electron chi connectivity index (χ4n) is 4.33. The number of carbonyl (C=O) groups excluding carboxylic acids is 2. The fraction of sp³-hybridized carbons (Fsp3) is 0.710. The van der Waals surface area contributed by atoms with Gasteiger partial charge >= 0.3 is 17.9 Å². The molecule has 0 heterocycles. The van der Waals surface area contributed by atoms with Crippen LogP contribution >= 0.6 is 0 Å². The molecule has 0 bridgehead atoms. The van der Waals surface area contributed by atoms with Gasteiger partial charge in [-0.3, -0.25) is 0 Å². The number of esters is 2. The molecule has 37 heavy (non-hydrogen) atoms. The molecule has 6 nitrogen and oxygen atoms in total. The van der Waals surface area contributed by atoms with Gasteiger partial charge in [0.25, 0.3) is 0 Å². The molecule has 0 radical (unpaired) electrons. The van der Waals surface area contributed by atoms with E-state index in [2.05, 4.69) is 13.8 Å². The van der Waals surface area contributed by atoms with Crippen molar-refractivity contribution in [3.05, 3.63) is 34.9 Å². The summed E-state index contributed by atoms with van der Waals surface area (Å²) in [5, 5.41) is 9.32. The van der Waals surface area contributed by atoms with Crippen LogP contribution in [0, 0.1) is 0 Å². The summed E-state index contributed by atoms with van der Waals surface area (Å²) in [7, 11) is 0. The second-order valence-electron chi connectivity index (χ2n) is 9.99. The zero-order valence-electron chi connectivity index (χ0n) is 23.4. The first-order chi connectivity index (χ1) is 18.0. The average molecular weight is 519 g/mol. The van der Waals surface area contributed by atoms with Gasteiger partial charge in [0, 0.05) is 0 Å². The molecular formula is C31H50O6. The van der Waals surface area contributed by atoms with Crippen LogP contribution < -0.4 is 0 Å². The first-order valence-corrected chi connectivity index (χ1v) is 14.7. The Morgan fingerprint density at radius 1 is 0.568 bits per heavy atom. The van der Waals surface area contributed by atoms with Gasteiger partial charge in [-0.2, -0.15) is 0 Å². The highest BCUT2D eigenvalue weighted by Gasteiger charge is 2.21. The number of rotatable bonds is 23. The van der Waals surface area contributed by atoms with Crippen molar-refractivity contribution >= 4 is 17.9 Å². The largest absolute Gasteiger partial charge is 0.478 e. The van der Waals surface area contributed by atoms with Gasteiger partial charge in [-0.15, -0.1) is 0 Å². The maximum absolute atomic E-state index is 12.7. The molecule has 1 aromatic rings. The second kappa shape index (κ2) is 21.7. The first kappa shape index (κ1) is 32.7. The molecule has 1 N–H and O–H groups in total. The van der Waals surface area contributed by atoms with E-state index >= 15 is 0 Å². The predicted octanol–water partition coefficient (Wildman–Crippen LogP) is 8.76. The SMILES string of the molecule is CCCCCCCCCCCOC(=O)c1ccc(C(=O)O)cc1C(=O)OCCCCCCCCCCC. The molecule has 0 fully saturated rings. The van der Waals surface area contributed by atoms with Gasteiger partial charge in [-0.1, -0.05) is 117 Å². The third-order valence-electron chi connectivity index (χ3n) is 6.67. The van der Waals surface area contributed by atoms with Crippen molar-refractivity contribution in [3.63, 3.8) is 0 Å². The molecule has 0 saturated carbocycles. The lowest BCUT2D eigenvalue weighted by Crippen LogP contribution is -2.16. The van der Waals surface area contributed by atoms with Gasteiger partial charge in [0.05, 0.1) is 29.9 Å². The molecule has 1 aromatic carbocycles. The van der Waals surface area contributed by atoms with Crippen molar-refractivity contribution < 1.29 is 29.0 Å². The summed E-state index contributed by atoms with van der Waals surface area (Å²) in [6.45, 7) is 4.96. The predicted molar refractivity (Wildman–Crippen MR) is 148 cm³/mol. The Balaban J connectivity index is 2.42. The van der Waals surface area contributed by atoms with Crippen LogP contribution in [0.1, 0.15) is 160 Å². The van der Waals surface area contributed by atoms with Crippen LogP contribution in [0.5, 0.6) is 0 Å². The summed E-state index contributed by atoms with van der Waals surface area (Å²) in [4.78, 5) is 36.8. The Hall–Kier alpha value is -2.37. The Bertz CT molecular complexity index is 773. The van der Waals surface area contributed by atoms with Gasteiger partial charge in [-0.05, 0) is 31.0 Å². The number of benzene rings is 1. The highest BCUT2D eigenvalue weighted by molar-refractivity contribution is 6.05. The molecule has 0 aliphatic rings. The first-order valence-electron chi connectivity index (χ1n) is 14.7. The molecule has 0 atom stereocenters. The van der Waals surface area contributed by atoms with Crippen LogP contribution in [-0.4, -0.2) is 36.2 Å². The van der Waals surface area contributed by atoms with E-state index in [1.165, 1.54) is 95.2 Å². The smallest absolute Gasteiger partial charge is 0.339 e. The molecule has 0 saturated heterocycles. The average Bonchev–Trinajstić information content (AvgIpc) is 2.90. The van der Waals surface area contributed by atoms with Crippen molar-refractivity contribution in [2.24, 2.45) is 0 Å². The van der Waals surface area contributed by atoms with E-state index in [9.17, 15) is 19.5 Å². The maximum Gasteiger partial charge on any atom is 0.339 e. The molecule has 0 amide bonds. The van der Waals surface area contributed by atoms with Crippen molar-refractivity contribution in [1.82, 2.24) is 0 Å². The molecule has 0 spiro atoms. The minimum atomic E-state index is -1.16. The number of ether oxygens (including phenoxy) is 2. The van der Waals surface area contributed by atoms with Crippen molar-refractivity contribution in [3.8, 4) is 0 Å². The number of carboxylic acid groups (broad SMARTS) is 1. The van der Waals surface area contributed by atoms with Crippen molar-refractivity contribution in [1.29, 1.82) is 0 Å². The third-order valence-corrected chi connectivity index (χ3v) is 6.67. The van der Waals surface area contributed by atoms with E-state index in [1.54, 1.807) is 0 Å². The Morgan fingerprint density at radius 3 is 1.35 bits per heavy atom. The van der Waals surface area contributed by atoms with E-state index in [1.807, 2.05) is 0 Å². The Morgan fingerprint density at radius 2 is 0.946 bits per heavy atom. The topological polar surface area (TPSA) is 89.9 Å². The molecule has 6 heteroatoms. The van der Waals surface area contributed by atoms with Crippen LogP contribution in [0.4, 0.5) is 0 Å². The van der Waals surface area contributed by atoms with Crippen molar-refractivity contribution in [2.75, 3.05) is 13.2 Å². The molecule has 210 valence electrons. The lowest BCUT2D eigenvalue weighted by Gasteiger charge is -2.11. The lowest BCUT2D eigenvalue weighted by molar-refractivity contribution is 0.0450. The molecule has 1 rings (SSSR count). The van der Waals surface area contributed by atoms with Crippen molar-refractivity contribution in [2.45, 2.75) is 129 Å². The van der Waals surface area contributed by atoms with E-state index in [0.717, 1.165) is 38.5 Å². The highest BCUT2D eigenvalue weighted by Crippen LogP contribution is 2.17. The molecule has 0 unspecified atom stereocenters. The Labute approximate surface area is 224 Å². The number of aromatic carboxylic acids is 1. The zero-order chi connectivity index (χ0) is 27.1. The lowest BCUT2D eigenvalue weighted by atomic mass is 10.0. The van der Waals surface area contributed by atoms with Gasteiger partial charge in [-0.25, -0.2) is 14.4 Å². The molecule has 0 aliphatic carbocycles. The standard InChI is InChI=1S/C31H50O6/c1-3-5-7-9-11-13-15-17-19-23-36-30(34)27-22-21-26(29(32)33)25-28(27)31(35)37-24-20-18-16-14-12-10-8-6-4-2/h21-22,25H,3-20,23-24H2,1-2H3,(H,32,33). The summed E-state index contributed by atoms with van der Waals surface area (Å²) in [6.07, 6.45) is 20.9. The number of unbranched alkanes of at least 4 members (excludes halogenated alkanes) is 16. The van der Waals surface area contributed by atoms with Gasteiger partial charge < -0.3 is 14.6 Å². The quantitative estimate of drug-likeness (QED) is 0.115. The summed E-state index contributed by atoms with van der Waals surface area (Å²) >= 11 is 0. The van der Waals surface area contributed by atoms with E-state index < -0.39 is 17.9 Å². The van der Waals surface area contributed by atoms with Crippen LogP contribution in [0.2, 0.25) is 0 Å². The van der Waals surface area contributed by atoms with Crippen LogP contribution in [0.25, 0.3) is 0 Å². The van der Waals surface area contributed by atoms with E-state index in [4.69, 9.17) is 9.47 Å². The molecule has 0 aliphatic heterocycles. The minimum Gasteiger partial charge on any atom is -0.478 e. The Kier molecular flexibility index (Phi) is 19.1. The van der Waals surface area contributed by atoms with E-state index in [0.29, 0.717) is 0 Å². The number of carboxylic acids is 1. The minimum absolute atomic E-state index is 0.0482.